The molecule has 0 spiro atoms. The van der Waals surface area contributed by atoms with Crippen LogP contribution in [0.4, 0.5) is 0 Å². The lowest BCUT2D eigenvalue weighted by molar-refractivity contribution is 0.955. The SMILES string of the molecule is S=c1cncn[nH]1. The van der Waals surface area contributed by atoms with E-state index in [2.05, 4.69) is 27.4 Å². The van der Waals surface area contributed by atoms with Crippen LogP contribution in [0.1, 0.15) is 0 Å². The smallest absolute Gasteiger partial charge is 0.138 e. The van der Waals surface area contributed by atoms with Crippen LogP contribution >= 0.6 is 12.2 Å². The molecule has 1 N–H and O–H groups in total. The summed E-state index contributed by atoms with van der Waals surface area (Å²) < 4.78 is 0.558. The minimum atomic E-state index is 0.558. The van der Waals surface area contributed by atoms with E-state index in [4.69, 9.17) is 0 Å². The molecule has 0 saturated heterocycles. The van der Waals surface area contributed by atoms with Gasteiger partial charge < -0.3 is 0 Å². The Balaban J connectivity index is 3.28. The average Bonchev–Trinajstić information content (AvgIpc) is 1.69. The summed E-state index contributed by atoms with van der Waals surface area (Å²) in [6, 6.07) is 0. The van der Waals surface area contributed by atoms with E-state index in [1.54, 1.807) is 0 Å². The van der Waals surface area contributed by atoms with Crippen LogP contribution in [-0.4, -0.2) is 15.2 Å². The van der Waals surface area contributed by atoms with Crippen LogP contribution in [-0.2, 0) is 0 Å². The summed E-state index contributed by atoms with van der Waals surface area (Å²) >= 11 is 4.63. The van der Waals surface area contributed by atoms with Crippen molar-refractivity contribution in [2.45, 2.75) is 0 Å². The predicted octanol–water partition coefficient (Wildman–Crippen LogP) is 0.534. The Bertz CT molecular complexity index is 176. The zero-order valence-corrected chi connectivity index (χ0v) is 4.27. The number of aromatic amines is 1. The highest BCUT2D eigenvalue weighted by Crippen LogP contribution is 1.70. The highest BCUT2D eigenvalue weighted by Gasteiger charge is 1.67. The fourth-order valence-electron chi connectivity index (χ4n) is 0.256. The van der Waals surface area contributed by atoms with Gasteiger partial charge in [0.25, 0.3) is 0 Å². The molecular formula is C3H3N3S. The minimum absolute atomic E-state index is 0.558. The van der Waals surface area contributed by atoms with E-state index in [1.165, 1.54) is 12.5 Å². The molecule has 36 valence electrons. The van der Waals surface area contributed by atoms with Crippen LogP contribution in [0.2, 0.25) is 0 Å². The first-order chi connectivity index (χ1) is 3.39. The molecule has 3 nitrogen and oxygen atoms in total. The number of nitrogens with zero attached hydrogens (tertiary/aromatic N) is 2. The molecule has 0 saturated carbocycles. The first-order valence-corrected chi connectivity index (χ1v) is 2.15. The number of H-pyrrole nitrogens is 1. The van der Waals surface area contributed by atoms with Gasteiger partial charge in [-0.05, 0) is 0 Å². The molecule has 0 bridgehead atoms. The number of hydrogen-bond donors (Lipinski definition) is 1. The van der Waals surface area contributed by atoms with Crippen molar-refractivity contribution in [1.29, 1.82) is 0 Å². The van der Waals surface area contributed by atoms with Crippen LogP contribution in [0.25, 0.3) is 0 Å². The molecular weight excluding hydrogens is 110 g/mol. The van der Waals surface area contributed by atoms with E-state index < -0.39 is 0 Å². The number of nitrogens with one attached hydrogen (secondary N) is 1. The molecule has 0 aromatic carbocycles. The zero-order chi connectivity index (χ0) is 5.11. The van der Waals surface area contributed by atoms with Gasteiger partial charge in [-0.1, -0.05) is 12.2 Å². The first kappa shape index (κ1) is 4.39. The van der Waals surface area contributed by atoms with Crippen LogP contribution in [0, 0.1) is 4.64 Å². The molecule has 1 rings (SSSR count). The number of hydrogen-bond acceptors (Lipinski definition) is 3. The maximum Gasteiger partial charge on any atom is 0.138 e. The van der Waals surface area contributed by atoms with E-state index in [0.717, 1.165) is 0 Å². The number of aromatic nitrogens is 3. The summed E-state index contributed by atoms with van der Waals surface area (Å²) in [6.07, 6.45) is 2.93. The Labute approximate surface area is 45.4 Å². The molecule has 1 heterocycles. The lowest BCUT2D eigenvalue weighted by atomic mass is 10.9. The van der Waals surface area contributed by atoms with Crippen LogP contribution in [0.15, 0.2) is 12.5 Å². The van der Waals surface area contributed by atoms with Crippen molar-refractivity contribution in [3.05, 3.63) is 17.2 Å². The maximum absolute atomic E-state index is 4.63. The van der Waals surface area contributed by atoms with Gasteiger partial charge in [-0.3, -0.25) is 5.10 Å². The molecule has 1 aromatic rings. The molecule has 4 heteroatoms. The summed E-state index contributed by atoms with van der Waals surface area (Å²) in [7, 11) is 0. The minimum Gasteiger partial charge on any atom is -0.265 e. The maximum atomic E-state index is 4.63. The van der Waals surface area contributed by atoms with E-state index in [1.807, 2.05) is 0 Å². The first-order valence-electron chi connectivity index (χ1n) is 1.74. The van der Waals surface area contributed by atoms with Crippen molar-refractivity contribution in [2.24, 2.45) is 0 Å². The second-order valence-electron chi connectivity index (χ2n) is 0.999. The summed E-state index contributed by atoms with van der Waals surface area (Å²) in [5, 5.41) is 6.08. The van der Waals surface area contributed by atoms with Crippen LogP contribution in [0.5, 0.6) is 0 Å². The predicted molar refractivity (Wildman–Crippen MR) is 27.2 cm³/mol. The topological polar surface area (TPSA) is 41.6 Å². The summed E-state index contributed by atoms with van der Waals surface area (Å²) in [5.41, 5.74) is 0. The molecule has 0 atom stereocenters. The van der Waals surface area contributed by atoms with Crippen molar-refractivity contribution in [1.82, 2.24) is 15.2 Å². The Morgan fingerprint density at radius 1 is 1.71 bits per heavy atom. The van der Waals surface area contributed by atoms with Gasteiger partial charge in [0.15, 0.2) is 0 Å². The van der Waals surface area contributed by atoms with Crippen LogP contribution in [0.3, 0.4) is 0 Å². The number of rotatable bonds is 0. The Kier molecular flexibility index (Phi) is 1.12. The van der Waals surface area contributed by atoms with Crippen molar-refractivity contribution >= 4 is 12.2 Å². The third kappa shape index (κ3) is 1.04. The van der Waals surface area contributed by atoms with Gasteiger partial charge in [-0.25, -0.2) is 4.98 Å². The second-order valence-corrected chi connectivity index (χ2v) is 1.44. The van der Waals surface area contributed by atoms with Gasteiger partial charge in [-0.15, -0.1) is 0 Å². The fourth-order valence-corrected chi connectivity index (χ4v) is 0.369. The van der Waals surface area contributed by atoms with Crippen molar-refractivity contribution in [3.63, 3.8) is 0 Å². The summed E-state index contributed by atoms with van der Waals surface area (Å²) in [5.74, 6) is 0. The van der Waals surface area contributed by atoms with Gasteiger partial charge in [0.05, 0.1) is 6.20 Å². The molecule has 0 unspecified atom stereocenters. The molecule has 0 amide bonds. The van der Waals surface area contributed by atoms with E-state index in [-0.39, 0.29) is 0 Å². The fraction of sp³-hybridized carbons (Fsp3) is 0. The molecule has 0 aliphatic rings. The Hall–Kier alpha value is -0.770. The molecule has 0 radical (unpaired) electrons. The monoisotopic (exact) mass is 113 g/mol. The third-order valence-corrected chi connectivity index (χ3v) is 0.688. The van der Waals surface area contributed by atoms with Gasteiger partial charge in [0.1, 0.15) is 11.0 Å². The van der Waals surface area contributed by atoms with E-state index in [0.29, 0.717) is 4.64 Å². The lowest BCUT2D eigenvalue weighted by Crippen LogP contribution is -1.79. The van der Waals surface area contributed by atoms with Crippen molar-refractivity contribution < 1.29 is 0 Å². The summed E-state index contributed by atoms with van der Waals surface area (Å²) in [6.45, 7) is 0. The second kappa shape index (κ2) is 1.79. The van der Waals surface area contributed by atoms with Gasteiger partial charge in [0, 0.05) is 0 Å². The molecule has 0 fully saturated rings. The van der Waals surface area contributed by atoms with Gasteiger partial charge in [-0.2, -0.15) is 5.10 Å². The molecule has 7 heavy (non-hydrogen) atoms. The Morgan fingerprint density at radius 3 is 2.86 bits per heavy atom. The van der Waals surface area contributed by atoms with E-state index in [9.17, 15) is 0 Å². The Morgan fingerprint density at radius 2 is 2.57 bits per heavy atom. The largest absolute Gasteiger partial charge is 0.265 e. The highest BCUT2D eigenvalue weighted by molar-refractivity contribution is 7.71. The standard InChI is InChI=1S/C3H3N3S/c7-3-1-4-2-5-6-3/h1-2H,(H,6,7). The molecule has 0 aliphatic heterocycles. The zero-order valence-electron chi connectivity index (χ0n) is 3.46. The molecule has 0 aliphatic carbocycles. The normalized spacial score (nSPS) is 8.57. The summed E-state index contributed by atoms with van der Waals surface area (Å²) in [4.78, 5) is 3.64. The van der Waals surface area contributed by atoms with E-state index >= 15 is 0 Å². The van der Waals surface area contributed by atoms with Crippen molar-refractivity contribution in [3.8, 4) is 0 Å². The highest BCUT2D eigenvalue weighted by atomic mass is 32.1. The quantitative estimate of drug-likeness (QED) is 0.499. The average molecular weight is 113 g/mol. The van der Waals surface area contributed by atoms with Gasteiger partial charge >= 0.3 is 0 Å². The van der Waals surface area contributed by atoms with Crippen LogP contribution < -0.4 is 0 Å². The molecule has 1 aromatic heterocycles. The third-order valence-electron chi connectivity index (χ3n) is 0.491. The van der Waals surface area contributed by atoms with Gasteiger partial charge in [0.2, 0.25) is 0 Å². The van der Waals surface area contributed by atoms with Crippen molar-refractivity contribution in [2.75, 3.05) is 0 Å². The lowest BCUT2D eigenvalue weighted by Gasteiger charge is -1.75.